The summed E-state index contributed by atoms with van der Waals surface area (Å²) in [5.41, 5.74) is 0.379. The van der Waals surface area contributed by atoms with Crippen LogP contribution in [0.5, 0.6) is 11.5 Å². The van der Waals surface area contributed by atoms with E-state index in [1.807, 2.05) is 0 Å². The van der Waals surface area contributed by atoms with Gasteiger partial charge in [0.25, 0.3) is 5.91 Å². The SMILES string of the molecule is O=C(Nc1ccc(Br)cn1)c1cc(Cl)c2c(c1)OCO2. The van der Waals surface area contributed by atoms with Gasteiger partial charge in [0.1, 0.15) is 5.82 Å². The zero-order chi connectivity index (χ0) is 14.1. The molecule has 0 atom stereocenters. The second-order valence-electron chi connectivity index (χ2n) is 4.01. The van der Waals surface area contributed by atoms with E-state index in [0.29, 0.717) is 27.9 Å². The second-order valence-corrected chi connectivity index (χ2v) is 5.33. The summed E-state index contributed by atoms with van der Waals surface area (Å²) >= 11 is 9.31. The zero-order valence-corrected chi connectivity index (χ0v) is 12.4. The monoisotopic (exact) mass is 354 g/mol. The first-order valence-electron chi connectivity index (χ1n) is 5.65. The molecule has 1 aromatic heterocycles. The smallest absolute Gasteiger partial charge is 0.257 e. The highest BCUT2D eigenvalue weighted by molar-refractivity contribution is 9.10. The lowest BCUT2D eigenvalue weighted by Gasteiger charge is -2.06. The molecule has 102 valence electrons. The Labute approximate surface area is 128 Å². The molecule has 0 unspecified atom stereocenters. The van der Waals surface area contributed by atoms with Crippen LogP contribution in [0.1, 0.15) is 10.4 Å². The maximum absolute atomic E-state index is 12.1. The summed E-state index contributed by atoms with van der Waals surface area (Å²) in [4.78, 5) is 16.2. The number of ether oxygens (including phenoxy) is 2. The van der Waals surface area contributed by atoms with Crippen LogP contribution in [0.4, 0.5) is 5.82 Å². The van der Waals surface area contributed by atoms with E-state index in [1.54, 1.807) is 24.4 Å². The van der Waals surface area contributed by atoms with Crippen LogP contribution in [0, 0.1) is 0 Å². The van der Waals surface area contributed by atoms with Crippen LogP contribution in [0.3, 0.4) is 0 Å². The molecule has 20 heavy (non-hydrogen) atoms. The van der Waals surface area contributed by atoms with Crippen LogP contribution in [-0.2, 0) is 0 Å². The molecule has 0 saturated carbocycles. The van der Waals surface area contributed by atoms with Crippen LogP contribution in [-0.4, -0.2) is 17.7 Å². The van der Waals surface area contributed by atoms with Crippen LogP contribution >= 0.6 is 27.5 Å². The number of pyridine rings is 1. The molecular weight excluding hydrogens is 348 g/mol. The predicted molar refractivity (Wildman–Crippen MR) is 77.5 cm³/mol. The van der Waals surface area contributed by atoms with Gasteiger partial charge in [-0.25, -0.2) is 4.98 Å². The van der Waals surface area contributed by atoms with Crippen molar-refractivity contribution in [3.8, 4) is 11.5 Å². The number of nitrogens with one attached hydrogen (secondary N) is 1. The normalized spacial score (nSPS) is 12.3. The fraction of sp³-hybridized carbons (Fsp3) is 0.0769. The van der Waals surface area contributed by atoms with Crippen molar-refractivity contribution in [2.24, 2.45) is 0 Å². The molecule has 0 aliphatic carbocycles. The number of fused-ring (bicyclic) bond motifs is 1. The fourth-order valence-electron chi connectivity index (χ4n) is 1.74. The van der Waals surface area contributed by atoms with Crippen molar-refractivity contribution in [3.05, 3.63) is 45.5 Å². The van der Waals surface area contributed by atoms with E-state index < -0.39 is 0 Å². The average Bonchev–Trinajstić information content (AvgIpc) is 2.90. The summed E-state index contributed by atoms with van der Waals surface area (Å²) < 4.78 is 11.3. The molecule has 3 rings (SSSR count). The number of benzene rings is 1. The molecule has 1 aliphatic heterocycles. The van der Waals surface area contributed by atoms with Crippen molar-refractivity contribution in [2.75, 3.05) is 12.1 Å². The maximum Gasteiger partial charge on any atom is 0.257 e. The van der Waals surface area contributed by atoms with Crippen LogP contribution in [0.25, 0.3) is 0 Å². The molecule has 7 heteroatoms. The molecular formula is C13H8BrClN2O3. The van der Waals surface area contributed by atoms with Crippen molar-refractivity contribution in [1.82, 2.24) is 4.98 Å². The number of carbonyl (C=O) groups is 1. The average molecular weight is 356 g/mol. The van der Waals surface area contributed by atoms with E-state index in [2.05, 4.69) is 26.2 Å². The largest absolute Gasteiger partial charge is 0.454 e. The Hall–Kier alpha value is -1.79. The van der Waals surface area contributed by atoms with Gasteiger partial charge in [-0.15, -0.1) is 0 Å². The molecule has 1 aliphatic rings. The van der Waals surface area contributed by atoms with Crippen molar-refractivity contribution >= 4 is 39.3 Å². The van der Waals surface area contributed by atoms with E-state index >= 15 is 0 Å². The fourth-order valence-corrected chi connectivity index (χ4v) is 2.24. The topological polar surface area (TPSA) is 60.5 Å². The molecule has 2 aromatic rings. The lowest BCUT2D eigenvalue weighted by Crippen LogP contribution is -2.12. The number of anilines is 1. The van der Waals surface area contributed by atoms with Crippen molar-refractivity contribution in [2.45, 2.75) is 0 Å². The number of nitrogens with zero attached hydrogens (tertiary/aromatic N) is 1. The number of hydrogen-bond donors (Lipinski definition) is 1. The molecule has 0 spiro atoms. The quantitative estimate of drug-likeness (QED) is 0.896. The second kappa shape index (κ2) is 5.30. The molecule has 5 nitrogen and oxygen atoms in total. The van der Waals surface area contributed by atoms with Gasteiger partial charge in [-0.3, -0.25) is 4.79 Å². The third-order valence-electron chi connectivity index (χ3n) is 2.66. The molecule has 0 saturated heterocycles. The highest BCUT2D eigenvalue weighted by Gasteiger charge is 2.20. The van der Waals surface area contributed by atoms with Crippen LogP contribution < -0.4 is 14.8 Å². The Morgan fingerprint density at radius 2 is 2.20 bits per heavy atom. The van der Waals surface area contributed by atoms with Gasteiger partial charge in [0.15, 0.2) is 11.5 Å². The van der Waals surface area contributed by atoms with Gasteiger partial charge in [0.05, 0.1) is 5.02 Å². The van der Waals surface area contributed by atoms with Crippen molar-refractivity contribution in [1.29, 1.82) is 0 Å². The predicted octanol–water partition coefficient (Wildman–Crippen LogP) is 3.48. The van der Waals surface area contributed by atoms with Gasteiger partial charge in [-0.2, -0.15) is 0 Å². The summed E-state index contributed by atoms with van der Waals surface area (Å²) in [6.45, 7) is 0.106. The molecule has 1 amide bonds. The zero-order valence-electron chi connectivity index (χ0n) is 10.0. The lowest BCUT2D eigenvalue weighted by atomic mass is 10.2. The molecule has 1 aromatic carbocycles. The molecule has 2 heterocycles. The van der Waals surface area contributed by atoms with E-state index in [4.69, 9.17) is 21.1 Å². The Bertz CT molecular complexity index is 676. The number of rotatable bonds is 2. The van der Waals surface area contributed by atoms with Gasteiger partial charge in [0.2, 0.25) is 6.79 Å². The number of halogens is 2. The van der Waals surface area contributed by atoms with Crippen LogP contribution in [0.2, 0.25) is 5.02 Å². The Morgan fingerprint density at radius 3 is 2.95 bits per heavy atom. The van der Waals surface area contributed by atoms with Gasteiger partial charge in [-0.05, 0) is 40.2 Å². The molecule has 0 radical (unpaired) electrons. The minimum absolute atomic E-state index is 0.106. The van der Waals surface area contributed by atoms with E-state index in [-0.39, 0.29) is 12.7 Å². The van der Waals surface area contributed by atoms with E-state index in [9.17, 15) is 4.79 Å². The Morgan fingerprint density at radius 1 is 1.35 bits per heavy atom. The summed E-state index contributed by atoms with van der Waals surface area (Å²) in [6, 6.07) is 6.59. The van der Waals surface area contributed by atoms with Gasteiger partial charge in [0, 0.05) is 16.2 Å². The summed E-state index contributed by atoms with van der Waals surface area (Å²) in [5, 5.41) is 3.02. The minimum Gasteiger partial charge on any atom is -0.454 e. The number of carbonyl (C=O) groups excluding carboxylic acids is 1. The minimum atomic E-state index is -0.319. The van der Waals surface area contributed by atoms with Crippen LogP contribution in [0.15, 0.2) is 34.9 Å². The van der Waals surface area contributed by atoms with Gasteiger partial charge < -0.3 is 14.8 Å². The number of aromatic nitrogens is 1. The first-order valence-corrected chi connectivity index (χ1v) is 6.82. The molecule has 1 N–H and O–H groups in total. The highest BCUT2D eigenvalue weighted by atomic mass is 79.9. The first-order chi connectivity index (χ1) is 9.63. The van der Waals surface area contributed by atoms with Gasteiger partial charge in [-0.1, -0.05) is 11.6 Å². The third-order valence-corrected chi connectivity index (χ3v) is 3.41. The van der Waals surface area contributed by atoms with E-state index in [1.165, 1.54) is 6.07 Å². The lowest BCUT2D eigenvalue weighted by molar-refractivity contribution is 0.102. The first kappa shape index (κ1) is 13.2. The number of hydrogen-bond acceptors (Lipinski definition) is 4. The third kappa shape index (κ3) is 2.57. The standard InChI is InChI=1S/C13H8BrClN2O3/c14-8-1-2-11(16-5-8)17-13(18)7-3-9(15)12-10(4-7)19-6-20-12/h1-5H,6H2,(H,16,17,18). The summed E-state index contributed by atoms with van der Waals surface area (Å²) in [7, 11) is 0. The molecule has 0 fully saturated rings. The maximum atomic E-state index is 12.1. The molecule has 0 bridgehead atoms. The van der Waals surface area contributed by atoms with Crippen molar-refractivity contribution < 1.29 is 14.3 Å². The summed E-state index contributed by atoms with van der Waals surface area (Å²) in [5.74, 6) is 1.06. The Balaban J connectivity index is 1.84. The summed E-state index contributed by atoms with van der Waals surface area (Å²) in [6.07, 6.45) is 1.60. The van der Waals surface area contributed by atoms with Crippen molar-refractivity contribution in [3.63, 3.8) is 0 Å². The Kier molecular flexibility index (Phi) is 3.50. The van der Waals surface area contributed by atoms with Gasteiger partial charge >= 0.3 is 0 Å². The highest BCUT2D eigenvalue weighted by Crippen LogP contribution is 2.39. The number of amides is 1. The van der Waals surface area contributed by atoms with E-state index in [0.717, 1.165) is 4.47 Å².